The fraction of sp³-hybridized carbons (Fsp3) is 0.857. The summed E-state index contributed by atoms with van der Waals surface area (Å²) in [5.74, 6) is 0.717. The molecule has 104 valence electrons. The molecule has 0 bridgehead atoms. The highest BCUT2D eigenvalue weighted by Gasteiger charge is 2.25. The molecule has 1 rings (SSSR count). The van der Waals surface area contributed by atoms with Gasteiger partial charge in [-0.3, -0.25) is 9.59 Å². The average molecular weight is 255 g/mol. The van der Waals surface area contributed by atoms with E-state index in [1.54, 1.807) is 7.11 Å². The van der Waals surface area contributed by atoms with Crippen molar-refractivity contribution in [2.45, 2.75) is 57.9 Å². The van der Waals surface area contributed by atoms with E-state index in [0.29, 0.717) is 25.2 Å². The van der Waals surface area contributed by atoms with Crippen LogP contribution in [0.15, 0.2) is 0 Å². The first kappa shape index (κ1) is 15.2. The molecule has 1 aliphatic rings. The van der Waals surface area contributed by atoms with Crippen LogP contribution in [0.1, 0.15) is 51.9 Å². The van der Waals surface area contributed by atoms with Gasteiger partial charge in [-0.25, -0.2) is 0 Å². The molecule has 0 radical (unpaired) electrons. The standard InChI is InChI=1S/C14H25NO3/c1-3-13(16)11-6-8-12(9-7-11)15-14(17)5-4-10-18-2/h11-12H,3-10H2,1-2H3,(H,15,17). The van der Waals surface area contributed by atoms with Crippen molar-refractivity contribution in [2.75, 3.05) is 13.7 Å². The molecule has 0 saturated heterocycles. The van der Waals surface area contributed by atoms with Crippen LogP contribution in [0.4, 0.5) is 0 Å². The van der Waals surface area contributed by atoms with Crippen LogP contribution in [0.2, 0.25) is 0 Å². The second-order valence-electron chi connectivity index (χ2n) is 5.03. The molecule has 0 spiro atoms. The van der Waals surface area contributed by atoms with E-state index in [4.69, 9.17) is 4.74 Å². The fourth-order valence-corrected chi connectivity index (χ4v) is 2.53. The number of rotatable bonds is 7. The Kier molecular flexibility index (Phi) is 6.94. The summed E-state index contributed by atoms with van der Waals surface area (Å²) in [6, 6.07) is 0.265. The minimum Gasteiger partial charge on any atom is -0.385 e. The summed E-state index contributed by atoms with van der Waals surface area (Å²) in [7, 11) is 1.64. The molecule has 0 aromatic heterocycles. The van der Waals surface area contributed by atoms with E-state index in [1.165, 1.54) is 0 Å². The van der Waals surface area contributed by atoms with E-state index < -0.39 is 0 Å². The van der Waals surface area contributed by atoms with Crippen molar-refractivity contribution in [3.8, 4) is 0 Å². The van der Waals surface area contributed by atoms with Gasteiger partial charge in [0.1, 0.15) is 5.78 Å². The SMILES string of the molecule is CCC(=O)C1CCC(NC(=O)CCCOC)CC1. The first-order chi connectivity index (χ1) is 8.67. The zero-order valence-electron chi connectivity index (χ0n) is 11.5. The van der Waals surface area contributed by atoms with Crippen molar-refractivity contribution < 1.29 is 14.3 Å². The largest absolute Gasteiger partial charge is 0.385 e. The number of amides is 1. The van der Waals surface area contributed by atoms with Crippen molar-refractivity contribution in [1.29, 1.82) is 0 Å². The van der Waals surface area contributed by atoms with E-state index in [0.717, 1.165) is 32.1 Å². The Morgan fingerprint density at radius 2 is 1.89 bits per heavy atom. The van der Waals surface area contributed by atoms with Crippen molar-refractivity contribution in [2.24, 2.45) is 5.92 Å². The highest BCUT2D eigenvalue weighted by molar-refractivity contribution is 5.80. The van der Waals surface area contributed by atoms with Crippen molar-refractivity contribution in [1.82, 2.24) is 5.32 Å². The molecule has 1 saturated carbocycles. The first-order valence-electron chi connectivity index (χ1n) is 6.98. The van der Waals surface area contributed by atoms with Gasteiger partial charge in [0.25, 0.3) is 0 Å². The van der Waals surface area contributed by atoms with Gasteiger partial charge >= 0.3 is 0 Å². The lowest BCUT2D eigenvalue weighted by molar-refractivity contribution is -0.124. The topological polar surface area (TPSA) is 55.4 Å². The summed E-state index contributed by atoms with van der Waals surface area (Å²) in [4.78, 5) is 23.2. The van der Waals surface area contributed by atoms with Crippen LogP contribution in [-0.2, 0) is 14.3 Å². The predicted molar refractivity (Wildman–Crippen MR) is 70.3 cm³/mol. The quantitative estimate of drug-likeness (QED) is 0.708. The Hall–Kier alpha value is -0.900. The number of nitrogens with one attached hydrogen (secondary N) is 1. The highest BCUT2D eigenvalue weighted by Crippen LogP contribution is 2.25. The zero-order chi connectivity index (χ0) is 13.4. The third kappa shape index (κ3) is 5.17. The van der Waals surface area contributed by atoms with Crippen LogP contribution in [0.3, 0.4) is 0 Å². The molecule has 0 aromatic carbocycles. The molecule has 0 aliphatic heterocycles. The molecule has 18 heavy (non-hydrogen) atoms. The zero-order valence-corrected chi connectivity index (χ0v) is 11.5. The lowest BCUT2D eigenvalue weighted by atomic mass is 9.83. The van der Waals surface area contributed by atoms with Gasteiger partial charge in [-0.2, -0.15) is 0 Å². The molecule has 0 aromatic rings. The number of ketones is 1. The van der Waals surface area contributed by atoms with Gasteiger partial charge in [0.15, 0.2) is 0 Å². The molecule has 1 N–H and O–H groups in total. The Balaban J connectivity index is 2.18. The van der Waals surface area contributed by atoms with Gasteiger partial charge in [-0.15, -0.1) is 0 Å². The van der Waals surface area contributed by atoms with Gasteiger partial charge in [-0.1, -0.05) is 6.92 Å². The minimum absolute atomic E-state index is 0.109. The normalized spacial score (nSPS) is 23.7. The van der Waals surface area contributed by atoms with Gasteiger partial charge in [-0.05, 0) is 32.1 Å². The van der Waals surface area contributed by atoms with E-state index in [-0.39, 0.29) is 17.9 Å². The third-order valence-corrected chi connectivity index (χ3v) is 3.65. The van der Waals surface area contributed by atoms with Crippen LogP contribution >= 0.6 is 0 Å². The monoisotopic (exact) mass is 255 g/mol. The maximum Gasteiger partial charge on any atom is 0.220 e. The molecule has 1 amide bonds. The first-order valence-corrected chi connectivity index (χ1v) is 6.98. The molecule has 1 aliphatic carbocycles. The summed E-state index contributed by atoms with van der Waals surface area (Å²) in [6.45, 7) is 2.55. The summed E-state index contributed by atoms with van der Waals surface area (Å²) >= 11 is 0. The number of Topliss-reactive ketones (excluding diaryl/α,β-unsaturated/α-hetero) is 1. The van der Waals surface area contributed by atoms with E-state index in [9.17, 15) is 9.59 Å². The van der Waals surface area contributed by atoms with Crippen LogP contribution in [0.5, 0.6) is 0 Å². The molecular weight excluding hydrogens is 230 g/mol. The lowest BCUT2D eigenvalue weighted by Crippen LogP contribution is -2.38. The molecular formula is C14H25NO3. The Bertz CT molecular complexity index is 270. The number of carbonyl (C=O) groups is 2. The highest BCUT2D eigenvalue weighted by atomic mass is 16.5. The summed E-state index contributed by atoms with van der Waals surface area (Å²) in [6.07, 6.45) is 5.66. The van der Waals surface area contributed by atoms with Crippen LogP contribution in [-0.4, -0.2) is 31.4 Å². The van der Waals surface area contributed by atoms with Gasteiger partial charge in [0.05, 0.1) is 0 Å². The molecule has 0 unspecified atom stereocenters. The number of hydrogen-bond donors (Lipinski definition) is 1. The number of carbonyl (C=O) groups excluding carboxylic acids is 2. The van der Waals surface area contributed by atoms with Crippen LogP contribution in [0.25, 0.3) is 0 Å². The molecule has 1 fully saturated rings. The van der Waals surface area contributed by atoms with Gasteiger partial charge in [0.2, 0.25) is 5.91 Å². The van der Waals surface area contributed by atoms with Crippen molar-refractivity contribution in [3.63, 3.8) is 0 Å². The number of methoxy groups -OCH3 is 1. The average Bonchev–Trinajstić information content (AvgIpc) is 2.39. The minimum atomic E-state index is 0.109. The molecule has 4 nitrogen and oxygen atoms in total. The smallest absolute Gasteiger partial charge is 0.220 e. The summed E-state index contributed by atoms with van der Waals surface area (Å²) < 4.78 is 4.92. The summed E-state index contributed by atoms with van der Waals surface area (Å²) in [5.41, 5.74) is 0. The predicted octanol–water partition coefficient (Wildman–Crippen LogP) is 2.07. The summed E-state index contributed by atoms with van der Waals surface area (Å²) in [5, 5.41) is 3.05. The molecule has 4 heteroatoms. The van der Waals surface area contributed by atoms with Gasteiger partial charge in [0, 0.05) is 38.5 Å². The molecule has 0 atom stereocenters. The number of hydrogen-bond acceptors (Lipinski definition) is 3. The van der Waals surface area contributed by atoms with E-state index >= 15 is 0 Å². The maximum absolute atomic E-state index is 11.6. The second-order valence-corrected chi connectivity index (χ2v) is 5.03. The third-order valence-electron chi connectivity index (χ3n) is 3.65. The van der Waals surface area contributed by atoms with Crippen molar-refractivity contribution >= 4 is 11.7 Å². The number of ether oxygens (including phenoxy) is 1. The van der Waals surface area contributed by atoms with E-state index in [1.807, 2.05) is 6.92 Å². The van der Waals surface area contributed by atoms with E-state index in [2.05, 4.69) is 5.32 Å². The molecule has 0 heterocycles. The second kappa shape index (κ2) is 8.25. The van der Waals surface area contributed by atoms with Gasteiger partial charge < -0.3 is 10.1 Å². The fourth-order valence-electron chi connectivity index (χ4n) is 2.53. The lowest BCUT2D eigenvalue weighted by Gasteiger charge is -2.28. The Morgan fingerprint density at radius 1 is 1.22 bits per heavy atom. The van der Waals surface area contributed by atoms with Crippen LogP contribution < -0.4 is 5.32 Å². The van der Waals surface area contributed by atoms with Crippen LogP contribution in [0, 0.1) is 5.92 Å². The van der Waals surface area contributed by atoms with Crippen molar-refractivity contribution in [3.05, 3.63) is 0 Å². The maximum atomic E-state index is 11.6. The Morgan fingerprint density at radius 3 is 2.44 bits per heavy atom. The Labute approximate surface area is 109 Å².